The highest BCUT2D eigenvalue weighted by molar-refractivity contribution is 7.45. The van der Waals surface area contributed by atoms with Crippen LogP contribution in [0.1, 0.15) is 155 Å². The summed E-state index contributed by atoms with van der Waals surface area (Å²) in [6.07, 6.45) is 45.2. The fraction of sp³-hybridized carbons (Fsp3) is 0.750. The number of quaternary nitrogens is 1. The van der Waals surface area contributed by atoms with Crippen LogP contribution in [-0.2, 0) is 27.9 Å². The maximum absolute atomic E-state index is 12.6. The molecule has 1 unspecified atom stereocenters. The van der Waals surface area contributed by atoms with Gasteiger partial charge >= 0.3 is 5.97 Å². The maximum Gasteiger partial charge on any atom is 0.306 e. The maximum atomic E-state index is 12.6. The minimum atomic E-state index is -4.54. The van der Waals surface area contributed by atoms with E-state index in [-0.39, 0.29) is 26.2 Å². The van der Waals surface area contributed by atoms with Crippen molar-refractivity contribution in [2.24, 2.45) is 0 Å². The molecule has 9 heteroatoms. The number of hydrogen-bond acceptors (Lipinski definition) is 7. The molecule has 0 aliphatic carbocycles. The lowest BCUT2D eigenvalue weighted by atomic mass is 10.0. The molecular formula is C44H80NO7P. The molecule has 0 aliphatic rings. The fourth-order valence-electron chi connectivity index (χ4n) is 5.35. The second kappa shape index (κ2) is 37.1. The van der Waals surface area contributed by atoms with Crippen LogP contribution in [0.15, 0.2) is 60.8 Å². The third-order valence-electron chi connectivity index (χ3n) is 8.58. The molecule has 0 aromatic heterocycles. The van der Waals surface area contributed by atoms with Crippen LogP contribution in [0.4, 0.5) is 0 Å². The highest BCUT2D eigenvalue weighted by atomic mass is 31.2. The molecule has 0 aliphatic heterocycles. The molecule has 0 amide bonds. The van der Waals surface area contributed by atoms with Crippen molar-refractivity contribution in [3.05, 3.63) is 60.8 Å². The van der Waals surface area contributed by atoms with Crippen molar-refractivity contribution in [2.45, 2.75) is 161 Å². The van der Waals surface area contributed by atoms with E-state index < -0.39 is 19.9 Å². The van der Waals surface area contributed by atoms with Gasteiger partial charge < -0.3 is 27.9 Å². The van der Waals surface area contributed by atoms with E-state index in [2.05, 4.69) is 74.6 Å². The summed E-state index contributed by atoms with van der Waals surface area (Å²) in [5, 5.41) is 0. The molecule has 308 valence electrons. The lowest BCUT2D eigenvalue weighted by Crippen LogP contribution is -2.37. The number of phosphoric ester groups is 1. The van der Waals surface area contributed by atoms with Crippen molar-refractivity contribution in [1.82, 2.24) is 0 Å². The van der Waals surface area contributed by atoms with Gasteiger partial charge in [-0.05, 0) is 51.4 Å². The smallest absolute Gasteiger partial charge is 0.306 e. The highest BCUT2D eigenvalue weighted by Crippen LogP contribution is 2.38. The van der Waals surface area contributed by atoms with Crippen molar-refractivity contribution in [3.8, 4) is 0 Å². The first-order chi connectivity index (χ1) is 25.6. The van der Waals surface area contributed by atoms with Gasteiger partial charge in [-0.3, -0.25) is 9.36 Å². The zero-order chi connectivity index (χ0) is 39.1. The van der Waals surface area contributed by atoms with Crippen molar-refractivity contribution < 1.29 is 37.3 Å². The van der Waals surface area contributed by atoms with Gasteiger partial charge in [-0.25, -0.2) is 0 Å². The number of allylic oxidation sites excluding steroid dienone is 10. The van der Waals surface area contributed by atoms with Crippen LogP contribution < -0.4 is 4.89 Å². The second-order valence-electron chi connectivity index (χ2n) is 15.0. The van der Waals surface area contributed by atoms with Gasteiger partial charge in [0.1, 0.15) is 19.3 Å². The molecule has 2 atom stereocenters. The number of phosphoric acid groups is 1. The largest absolute Gasteiger partial charge is 0.756 e. The van der Waals surface area contributed by atoms with Gasteiger partial charge in [-0.2, -0.15) is 0 Å². The van der Waals surface area contributed by atoms with Gasteiger partial charge in [0, 0.05) is 13.0 Å². The summed E-state index contributed by atoms with van der Waals surface area (Å²) in [6.45, 7) is 5.21. The van der Waals surface area contributed by atoms with Crippen LogP contribution in [0.5, 0.6) is 0 Å². The van der Waals surface area contributed by atoms with Crippen molar-refractivity contribution in [1.29, 1.82) is 0 Å². The van der Waals surface area contributed by atoms with Gasteiger partial charge in [-0.1, -0.05) is 158 Å². The van der Waals surface area contributed by atoms with Crippen LogP contribution in [0.2, 0.25) is 0 Å². The number of ether oxygens (including phenoxy) is 2. The molecule has 0 rings (SSSR count). The first-order valence-corrected chi connectivity index (χ1v) is 22.5. The number of esters is 1. The minimum absolute atomic E-state index is 0.0140. The SMILES string of the molecule is CC/C=C\C/C=C\C/C=C\C/C=C\C/C=C\CCCC(=O)O[C@H](COCCCCCCCCCCCCCCCC)COP(=O)([O-])OCC[N+](C)(C)C. The van der Waals surface area contributed by atoms with E-state index in [4.69, 9.17) is 18.5 Å². The summed E-state index contributed by atoms with van der Waals surface area (Å²) in [5.41, 5.74) is 0. The first kappa shape index (κ1) is 51.2. The number of rotatable bonds is 38. The second-order valence-corrected chi connectivity index (χ2v) is 16.4. The Morgan fingerprint density at radius 3 is 1.57 bits per heavy atom. The fourth-order valence-corrected chi connectivity index (χ4v) is 6.07. The van der Waals surface area contributed by atoms with Gasteiger partial charge in [0.25, 0.3) is 7.82 Å². The van der Waals surface area contributed by atoms with E-state index in [0.29, 0.717) is 24.1 Å². The lowest BCUT2D eigenvalue weighted by molar-refractivity contribution is -0.870. The van der Waals surface area contributed by atoms with Crippen LogP contribution >= 0.6 is 7.82 Å². The summed E-state index contributed by atoms with van der Waals surface area (Å²) in [5.74, 6) is -0.391. The number of carbonyl (C=O) groups excluding carboxylic acids is 1. The monoisotopic (exact) mass is 766 g/mol. The molecule has 0 bridgehead atoms. The Balaban J connectivity index is 4.37. The Bertz CT molecular complexity index is 1030. The molecule has 53 heavy (non-hydrogen) atoms. The highest BCUT2D eigenvalue weighted by Gasteiger charge is 2.20. The molecule has 0 N–H and O–H groups in total. The Labute approximate surface area is 326 Å². The van der Waals surface area contributed by atoms with Gasteiger partial charge in [0.15, 0.2) is 0 Å². The van der Waals surface area contributed by atoms with Crippen LogP contribution in [-0.4, -0.2) is 70.7 Å². The molecule has 0 radical (unpaired) electrons. The molecule has 0 aromatic rings. The van der Waals surface area contributed by atoms with Crippen molar-refractivity contribution in [2.75, 3.05) is 54.1 Å². The van der Waals surface area contributed by atoms with Crippen molar-refractivity contribution in [3.63, 3.8) is 0 Å². The predicted molar refractivity (Wildman–Crippen MR) is 222 cm³/mol. The van der Waals surface area contributed by atoms with Crippen LogP contribution in [0.3, 0.4) is 0 Å². The number of carbonyl (C=O) groups is 1. The van der Waals surface area contributed by atoms with E-state index in [9.17, 15) is 14.3 Å². The number of likely N-dealkylation sites (N-methyl/N-ethyl adjacent to an activating group) is 1. The van der Waals surface area contributed by atoms with Crippen LogP contribution in [0.25, 0.3) is 0 Å². The summed E-state index contributed by atoms with van der Waals surface area (Å²) in [6, 6.07) is 0. The molecule has 8 nitrogen and oxygen atoms in total. The third kappa shape index (κ3) is 41.2. The summed E-state index contributed by atoms with van der Waals surface area (Å²) in [4.78, 5) is 25.0. The average Bonchev–Trinajstić information content (AvgIpc) is 3.11. The Morgan fingerprint density at radius 1 is 0.604 bits per heavy atom. The molecule has 0 aromatic carbocycles. The zero-order valence-corrected chi connectivity index (χ0v) is 35.6. The Hall–Kier alpha value is -1.80. The van der Waals surface area contributed by atoms with Crippen molar-refractivity contribution >= 4 is 13.8 Å². The molecule has 0 saturated heterocycles. The Morgan fingerprint density at radius 2 is 1.08 bits per heavy atom. The topological polar surface area (TPSA) is 94.1 Å². The predicted octanol–water partition coefficient (Wildman–Crippen LogP) is 11.5. The summed E-state index contributed by atoms with van der Waals surface area (Å²) >= 11 is 0. The minimum Gasteiger partial charge on any atom is -0.756 e. The summed E-state index contributed by atoms with van der Waals surface area (Å²) < 4.78 is 34.5. The van der Waals surface area contributed by atoms with E-state index in [1.54, 1.807) is 0 Å². The third-order valence-corrected chi connectivity index (χ3v) is 9.55. The molecule has 0 spiro atoms. The normalized spacial score (nSPS) is 14.5. The molecule has 0 fully saturated rings. The van der Waals surface area contributed by atoms with E-state index >= 15 is 0 Å². The quantitative estimate of drug-likeness (QED) is 0.0203. The average molecular weight is 766 g/mol. The number of hydrogen-bond donors (Lipinski definition) is 0. The van der Waals surface area contributed by atoms with E-state index in [1.807, 2.05) is 21.1 Å². The first-order valence-electron chi connectivity index (χ1n) is 21.0. The zero-order valence-electron chi connectivity index (χ0n) is 34.7. The van der Waals surface area contributed by atoms with Gasteiger partial charge in [0.2, 0.25) is 0 Å². The standard InChI is InChI=1S/C44H80NO7P/c1-6-8-10-12-14-16-18-20-22-23-24-25-27-29-31-33-35-37-44(46)52-43(42-51-53(47,48)50-40-38-45(3,4)5)41-49-39-36-34-32-30-28-26-21-19-17-15-13-11-9-7-2/h8,10,14,16,20,22,24-25,29,31,43H,6-7,9,11-13,15,17-19,21,23,26-28,30,32-42H2,1-5H3/b10-8-,16-14-,22-20-,25-24-,31-29-/t43-/m1/s1. The van der Waals surface area contributed by atoms with E-state index in [0.717, 1.165) is 51.4 Å². The van der Waals surface area contributed by atoms with E-state index in [1.165, 1.54) is 77.0 Å². The lowest BCUT2D eigenvalue weighted by Gasteiger charge is -2.28. The number of nitrogens with zero attached hydrogens (tertiary/aromatic N) is 1. The number of unbranched alkanes of at least 4 members (excludes halogenated alkanes) is 14. The summed E-state index contributed by atoms with van der Waals surface area (Å²) in [7, 11) is 1.31. The molecule has 0 saturated carbocycles. The molecular weight excluding hydrogens is 685 g/mol. The van der Waals surface area contributed by atoms with Gasteiger partial charge in [0.05, 0.1) is 34.4 Å². The van der Waals surface area contributed by atoms with Gasteiger partial charge in [-0.15, -0.1) is 0 Å². The molecule has 0 heterocycles. The van der Waals surface area contributed by atoms with Crippen LogP contribution in [0, 0.1) is 0 Å². The Kier molecular flexibility index (Phi) is 35.9.